The van der Waals surface area contributed by atoms with Gasteiger partial charge in [0.2, 0.25) is 0 Å². The predicted octanol–water partition coefficient (Wildman–Crippen LogP) is 1.25. The summed E-state index contributed by atoms with van der Waals surface area (Å²) in [5.41, 5.74) is -0.172. The van der Waals surface area contributed by atoms with Crippen LogP contribution in [0.1, 0.15) is 20.3 Å². The van der Waals surface area contributed by atoms with E-state index in [4.69, 9.17) is 0 Å². The van der Waals surface area contributed by atoms with Gasteiger partial charge in [-0.05, 0) is 19.9 Å². The molecule has 0 aliphatic rings. The number of likely N-dealkylation sites (N-methyl/N-ethyl adjacent to an activating group) is 1. The van der Waals surface area contributed by atoms with Gasteiger partial charge in [0, 0.05) is 23.7 Å². The van der Waals surface area contributed by atoms with Gasteiger partial charge in [0.25, 0.3) is 0 Å². The molecule has 3 N–H and O–H groups in total. The van der Waals surface area contributed by atoms with Crippen molar-refractivity contribution in [3.8, 4) is 0 Å². The zero-order valence-corrected chi connectivity index (χ0v) is 10.1. The second-order valence-corrected chi connectivity index (χ2v) is 4.83. The normalized spacial score (nSPS) is 15.1. The maximum atomic E-state index is 9.28. The molecule has 1 unspecified atom stereocenters. The van der Waals surface area contributed by atoms with Gasteiger partial charge in [-0.2, -0.15) is 0 Å². The van der Waals surface area contributed by atoms with Crippen molar-refractivity contribution in [2.45, 2.75) is 31.0 Å². The minimum Gasteiger partial charge on any atom is -0.394 e. The van der Waals surface area contributed by atoms with Crippen LogP contribution in [-0.2, 0) is 0 Å². The third-order valence-electron chi connectivity index (χ3n) is 2.32. The molecule has 86 valence electrons. The molecule has 0 fully saturated rings. The van der Waals surface area contributed by atoms with Crippen LogP contribution in [0, 0.1) is 0 Å². The molecule has 1 heterocycles. The topological polar surface area (TPSA) is 60.9 Å². The molecule has 0 radical (unpaired) electrons. The van der Waals surface area contributed by atoms with Crippen molar-refractivity contribution in [1.29, 1.82) is 0 Å². The van der Waals surface area contributed by atoms with Crippen LogP contribution in [0.5, 0.6) is 0 Å². The van der Waals surface area contributed by atoms with Crippen molar-refractivity contribution in [3.63, 3.8) is 0 Å². The zero-order chi connectivity index (χ0) is 11.1. The van der Waals surface area contributed by atoms with E-state index in [1.807, 2.05) is 20.0 Å². The summed E-state index contributed by atoms with van der Waals surface area (Å²) in [4.78, 5) is 7.17. The van der Waals surface area contributed by atoms with E-state index in [1.54, 1.807) is 18.0 Å². The van der Waals surface area contributed by atoms with Gasteiger partial charge in [-0.3, -0.25) is 0 Å². The molecule has 15 heavy (non-hydrogen) atoms. The lowest BCUT2D eigenvalue weighted by Gasteiger charge is -2.27. The number of aliphatic hydroxyl groups is 1. The highest BCUT2D eigenvalue weighted by Gasteiger charge is 2.21. The Kier molecular flexibility index (Phi) is 5.14. The lowest BCUT2D eigenvalue weighted by molar-refractivity contribution is 0.173. The van der Waals surface area contributed by atoms with Gasteiger partial charge < -0.3 is 15.4 Å². The predicted molar refractivity (Wildman–Crippen MR) is 63.1 cm³/mol. The van der Waals surface area contributed by atoms with Gasteiger partial charge in [0.1, 0.15) is 0 Å². The lowest BCUT2D eigenvalue weighted by Crippen LogP contribution is -2.46. The Balaban J connectivity index is 2.28. The van der Waals surface area contributed by atoms with Crippen molar-refractivity contribution in [3.05, 3.63) is 12.4 Å². The Morgan fingerprint density at radius 1 is 1.67 bits per heavy atom. The smallest absolute Gasteiger partial charge is 0.165 e. The molecule has 0 amide bonds. The summed E-state index contributed by atoms with van der Waals surface area (Å²) in [5.74, 6) is 0.942. The monoisotopic (exact) mass is 229 g/mol. The standard InChI is InChI=1S/C10H19N3OS/c1-3-13-10(2,8-14)4-7-15-9-11-5-6-12-9/h5-6,13-14H,3-4,7-8H2,1-2H3,(H,11,12). The summed E-state index contributed by atoms with van der Waals surface area (Å²) in [6.45, 7) is 5.13. The summed E-state index contributed by atoms with van der Waals surface area (Å²) in [6.07, 6.45) is 4.48. The average Bonchev–Trinajstić information content (AvgIpc) is 2.71. The first-order valence-electron chi connectivity index (χ1n) is 5.18. The highest BCUT2D eigenvalue weighted by molar-refractivity contribution is 7.99. The van der Waals surface area contributed by atoms with Crippen molar-refractivity contribution in [1.82, 2.24) is 15.3 Å². The number of aliphatic hydroxyl groups excluding tert-OH is 1. The van der Waals surface area contributed by atoms with Crippen LogP contribution in [-0.4, -0.2) is 39.5 Å². The molecule has 0 saturated heterocycles. The third-order valence-corrected chi connectivity index (χ3v) is 3.22. The van der Waals surface area contributed by atoms with Gasteiger partial charge in [0.15, 0.2) is 5.16 Å². The Morgan fingerprint density at radius 2 is 2.47 bits per heavy atom. The van der Waals surface area contributed by atoms with Crippen molar-refractivity contribution in [2.24, 2.45) is 0 Å². The second-order valence-electron chi connectivity index (χ2n) is 3.74. The molecule has 4 nitrogen and oxygen atoms in total. The number of hydrogen-bond donors (Lipinski definition) is 3. The van der Waals surface area contributed by atoms with Gasteiger partial charge in [0.05, 0.1) is 6.61 Å². The maximum Gasteiger partial charge on any atom is 0.165 e. The fourth-order valence-corrected chi connectivity index (χ4v) is 2.39. The number of thioether (sulfide) groups is 1. The Bertz CT molecular complexity index is 266. The Morgan fingerprint density at radius 3 is 3.00 bits per heavy atom. The number of nitrogens with zero attached hydrogens (tertiary/aromatic N) is 1. The fraction of sp³-hybridized carbons (Fsp3) is 0.700. The minimum atomic E-state index is -0.172. The second kappa shape index (κ2) is 6.15. The van der Waals surface area contributed by atoms with E-state index in [0.717, 1.165) is 23.9 Å². The molecule has 1 rings (SSSR count). The number of rotatable bonds is 7. The molecule has 5 heteroatoms. The minimum absolute atomic E-state index is 0.166. The van der Waals surface area contributed by atoms with Crippen LogP contribution in [0.25, 0.3) is 0 Å². The SMILES string of the molecule is CCNC(C)(CO)CCSc1ncc[nH]1. The third kappa shape index (κ3) is 4.24. The van der Waals surface area contributed by atoms with Crippen molar-refractivity contribution < 1.29 is 5.11 Å². The molecule has 1 aromatic heterocycles. The van der Waals surface area contributed by atoms with Crippen LogP contribution in [0.15, 0.2) is 17.6 Å². The quantitative estimate of drug-likeness (QED) is 0.616. The van der Waals surface area contributed by atoms with Crippen LogP contribution < -0.4 is 5.32 Å². The van der Waals surface area contributed by atoms with E-state index in [9.17, 15) is 5.11 Å². The van der Waals surface area contributed by atoms with Crippen LogP contribution in [0.4, 0.5) is 0 Å². The number of H-pyrrole nitrogens is 1. The number of aromatic nitrogens is 2. The van der Waals surface area contributed by atoms with E-state index in [-0.39, 0.29) is 12.1 Å². The van der Waals surface area contributed by atoms with Gasteiger partial charge >= 0.3 is 0 Å². The average molecular weight is 229 g/mol. The molecular weight excluding hydrogens is 210 g/mol. The number of imidazole rings is 1. The van der Waals surface area contributed by atoms with Crippen LogP contribution in [0.3, 0.4) is 0 Å². The lowest BCUT2D eigenvalue weighted by atomic mass is 10.0. The molecule has 1 atom stereocenters. The summed E-state index contributed by atoms with van der Waals surface area (Å²) < 4.78 is 0. The first-order chi connectivity index (χ1) is 7.20. The molecule has 1 aromatic rings. The number of aromatic amines is 1. The highest BCUT2D eigenvalue weighted by atomic mass is 32.2. The fourth-order valence-electron chi connectivity index (χ4n) is 1.35. The van der Waals surface area contributed by atoms with E-state index in [0.29, 0.717) is 0 Å². The van der Waals surface area contributed by atoms with E-state index >= 15 is 0 Å². The van der Waals surface area contributed by atoms with E-state index in [2.05, 4.69) is 15.3 Å². The summed E-state index contributed by atoms with van der Waals surface area (Å²) in [6, 6.07) is 0. The first-order valence-corrected chi connectivity index (χ1v) is 6.17. The van der Waals surface area contributed by atoms with Crippen LogP contribution >= 0.6 is 11.8 Å². The summed E-state index contributed by atoms with van der Waals surface area (Å²) in [5, 5.41) is 13.5. The van der Waals surface area contributed by atoms with E-state index in [1.165, 1.54) is 0 Å². The number of hydrogen-bond acceptors (Lipinski definition) is 4. The zero-order valence-electron chi connectivity index (χ0n) is 9.29. The molecular formula is C10H19N3OS. The van der Waals surface area contributed by atoms with Crippen molar-refractivity contribution >= 4 is 11.8 Å². The van der Waals surface area contributed by atoms with E-state index < -0.39 is 0 Å². The largest absolute Gasteiger partial charge is 0.394 e. The molecule has 0 aliphatic heterocycles. The number of nitrogens with one attached hydrogen (secondary N) is 2. The molecule has 0 saturated carbocycles. The summed E-state index contributed by atoms with van der Waals surface area (Å²) >= 11 is 1.68. The highest BCUT2D eigenvalue weighted by Crippen LogP contribution is 2.18. The maximum absolute atomic E-state index is 9.28. The molecule has 0 aromatic carbocycles. The van der Waals surface area contributed by atoms with Gasteiger partial charge in [-0.1, -0.05) is 18.7 Å². The summed E-state index contributed by atoms with van der Waals surface area (Å²) in [7, 11) is 0. The molecule has 0 bridgehead atoms. The van der Waals surface area contributed by atoms with Crippen LogP contribution in [0.2, 0.25) is 0 Å². The first kappa shape index (κ1) is 12.5. The van der Waals surface area contributed by atoms with Gasteiger partial charge in [-0.25, -0.2) is 4.98 Å². The Labute approximate surface area is 94.9 Å². The molecule has 0 aliphatic carbocycles. The van der Waals surface area contributed by atoms with Crippen molar-refractivity contribution in [2.75, 3.05) is 18.9 Å². The Hall–Kier alpha value is -0.520. The van der Waals surface area contributed by atoms with Gasteiger partial charge in [-0.15, -0.1) is 0 Å². The molecule has 0 spiro atoms.